The largest absolute Gasteiger partial charge is 0.368 e. The average Bonchev–Trinajstić information content (AvgIpc) is 3.91. The van der Waals surface area contributed by atoms with Crippen LogP contribution in [0.2, 0.25) is 0 Å². The number of rotatable bonds is 22. The van der Waals surface area contributed by atoms with E-state index in [0.29, 0.717) is 25.8 Å². The zero-order valence-electron chi connectivity index (χ0n) is 38.0. The molecule has 3 heterocycles. The lowest BCUT2D eigenvalue weighted by atomic mass is 9.98. The Morgan fingerprint density at radius 1 is 0.692 bits per heavy atom. The summed E-state index contributed by atoms with van der Waals surface area (Å²) in [6, 6.07) is 18.7. The lowest BCUT2D eigenvalue weighted by Crippen LogP contribution is -2.60. The number of carbonyl (C=O) groups excluding carboxylic acids is 6. The molecule has 5 aromatic rings. The molecule has 6 atom stereocenters. The molecule has 0 bridgehead atoms. The number of carbonyl (C=O) groups is 6. The number of benzene rings is 3. The van der Waals surface area contributed by atoms with E-state index < -0.39 is 65.8 Å². The highest BCUT2D eigenvalue weighted by molar-refractivity contribution is 5.97. The molecule has 0 radical (unpaired) electrons. The fourth-order valence-corrected chi connectivity index (χ4v) is 8.70. The number of aromatic amines is 2. The number of hydrogen-bond acceptors (Lipinski definition) is 7. The molecule has 1 aliphatic heterocycles. The molecule has 0 aliphatic carbocycles. The molecule has 0 saturated carbocycles. The van der Waals surface area contributed by atoms with Crippen LogP contribution < -0.4 is 32.3 Å². The summed E-state index contributed by atoms with van der Waals surface area (Å²) < 4.78 is 0. The third-order valence-electron chi connectivity index (χ3n) is 12.3. The molecule has 346 valence electrons. The minimum Gasteiger partial charge on any atom is -0.368 e. The van der Waals surface area contributed by atoms with Crippen LogP contribution in [0.3, 0.4) is 0 Å². The van der Waals surface area contributed by atoms with Crippen LogP contribution in [0.1, 0.15) is 82.4 Å². The minimum atomic E-state index is -1.21. The third-order valence-corrected chi connectivity index (χ3v) is 12.3. The van der Waals surface area contributed by atoms with Crippen molar-refractivity contribution in [3.05, 3.63) is 108 Å². The highest BCUT2D eigenvalue weighted by Crippen LogP contribution is 2.22. The van der Waals surface area contributed by atoms with Crippen LogP contribution in [0.5, 0.6) is 0 Å². The standard InChI is InChI=1S/C50H65N9O6/c1-5-6-23-44(45(51)60)59(4)50(65)43(25-31(2)3)58-49(64)42(28-34-30-54-38-21-13-11-19-36(34)38)57-47(62)40(26-32-16-8-7-9-17-32)55-48(63)41(56-46(61)39-22-14-15-24-52-39)27-33-29-53-37-20-12-10-18-35(33)37/h7-13,16-21,29-31,39-44,52-54H,5-6,14-15,22-28H2,1-4H3,(H2,51,60)(H,55,63)(H,56,61)(H,57,62)(H,58,64)/t39-,40-,41+,42+,43-,44-/m0/s1. The number of likely N-dealkylation sites (N-methyl/N-ethyl adjacent to an activating group) is 1. The lowest BCUT2D eigenvalue weighted by Gasteiger charge is -2.32. The van der Waals surface area contributed by atoms with Crippen molar-refractivity contribution in [1.29, 1.82) is 0 Å². The molecule has 65 heavy (non-hydrogen) atoms. The topological polar surface area (TPSA) is 223 Å². The van der Waals surface area contributed by atoms with Crippen molar-refractivity contribution in [3.8, 4) is 0 Å². The van der Waals surface area contributed by atoms with Crippen molar-refractivity contribution in [2.45, 2.75) is 121 Å². The van der Waals surface area contributed by atoms with Crippen LogP contribution in [0, 0.1) is 5.92 Å². The van der Waals surface area contributed by atoms with Gasteiger partial charge in [0.2, 0.25) is 35.4 Å². The second-order valence-electron chi connectivity index (χ2n) is 17.7. The van der Waals surface area contributed by atoms with Crippen LogP contribution in [0.15, 0.2) is 91.3 Å². The van der Waals surface area contributed by atoms with Gasteiger partial charge < -0.3 is 47.2 Å². The van der Waals surface area contributed by atoms with Crippen LogP contribution in [-0.2, 0) is 48.0 Å². The van der Waals surface area contributed by atoms with Gasteiger partial charge in [0.1, 0.15) is 30.2 Å². The number of H-pyrrole nitrogens is 2. The number of amides is 6. The Hall–Kier alpha value is -6.48. The highest BCUT2D eigenvalue weighted by atomic mass is 16.2. The molecule has 15 heteroatoms. The maximum atomic E-state index is 14.8. The Morgan fingerprint density at radius 2 is 1.22 bits per heavy atom. The van der Waals surface area contributed by atoms with Gasteiger partial charge in [-0.3, -0.25) is 28.8 Å². The fourth-order valence-electron chi connectivity index (χ4n) is 8.70. The molecular weight excluding hydrogens is 823 g/mol. The van der Waals surface area contributed by atoms with Gasteiger partial charge in [-0.25, -0.2) is 0 Å². The molecule has 0 unspecified atom stereocenters. The van der Waals surface area contributed by atoms with Crippen molar-refractivity contribution in [3.63, 3.8) is 0 Å². The molecular formula is C50H65N9O6. The zero-order chi connectivity index (χ0) is 46.5. The van der Waals surface area contributed by atoms with Crippen LogP contribution >= 0.6 is 0 Å². The first-order chi connectivity index (χ1) is 31.3. The van der Waals surface area contributed by atoms with Gasteiger partial charge in [-0.1, -0.05) is 107 Å². The van der Waals surface area contributed by atoms with Gasteiger partial charge in [-0.15, -0.1) is 0 Å². The summed E-state index contributed by atoms with van der Waals surface area (Å²) in [5.41, 5.74) is 9.82. The van der Waals surface area contributed by atoms with Gasteiger partial charge in [0.05, 0.1) is 6.04 Å². The highest BCUT2D eigenvalue weighted by Gasteiger charge is 2.36. The minimum absolute atomic E-state index is 0.0287. The Labute approximate surface area is 380 Å². The number of aromatic nitrogens is 2. The molecule has 3 aromatic carbocycles. The Bertz CT molecular complexity index is 2410. The SMILES string of the molecule is CCCC[C@@H](C(N)=O)N(C)C(=O)[C@H](CC(C)C)NC(=O)[C@@H](Cc1c[nH]c2ccccc12)NC(=O)[C@H](Cc1ccccc1)NC(=O)[C@@H](Cc1c[nH]c2ccccc12)NC(=O)[C@@H]1CCCCN1. The third kappa shape index (κ3) is 12.8. The first-order valence-corrected chi connectivity index (χ1v) is 23.0. The van der Waals surface area contributed by atoms with Gasteiger partial charge in [-0.2, -0.15) is 0 Å². The van der Waals surface area contributed by atoms with Crippen LogP contribution in [-0.4, -0.2) is 100 Å². The number of nitrogens with zero attached hydrogens (tertiary/aromatic N) is 1. The molecule has 1 saturated heterocycles. The first kappa shape index (κ1) is 48.0. The smallest absolute Gasteiger partial charge is 0.245 e. The average molecular weight is 888 g/mol. The summed E-state index contributed by atoms with van der Waals surface area (Å²) in [6.07, 6.45) is 8.47. The normalized spacial score (nSPS) is 16.2. The predicted molar refractivity (Wildman–Crippen MR) is 252 cm³/mol. The zero-order valence-corrected chi connectivity index (χ0v) is 38.0. The summed E-state index contributed by atoms with van der Waals surface area (Å²) >= 11 is 0. The van der Waals surface area contributed by atoms with E-state index in [-0.39, 0.29) is 37.5 Å². The van der Waals surface area contributed by atoms with Crippen LogP contribution in [0.4, 0.5) is 0 Å². The maximum Gasteiger partial charge on any atom is 0.245 e. The fraction of sp³-hybridized carbons (Fsp3) is 0.440. The summed E-state index contributed by atoms with van der Waals surface area (Å²) in [5, 5.41) is 16.9. The number of piperidine rings is 1. The number of nitrogens with one attached hydrogen (secondary N) is 7. The molecule has 2 aromatic heterocycles. The van der Waals surface area contributed by atoms with E-state index in [9.17, 15) is 28.8 Å². The van der Waals surface area contributed by atoms with Crippen molar-refractivity contribution >= 4 is 57.2 Å². The lowest BCUT2D eigenvalue weighted by molar-refractivity contribution is -0.142. The summed E-state index contributed by atoms with van der Waals surface area (Å²) in [4.78, 5) is 92.3. The molecule has 9 N–H and O–H groups in total. The number of fused-ring (bicyclic) bond motifs is 2. The predicted octanol–water partition coefficient (Wildman–Crippen LogP) is 4.31. The summed E-state index contributed by atoms with van der Waals surface area (Å²) in [5.74, 6) is -3.24. The molecule has 6 rings (SSSR count). The van der Waals surface area contributed by atoms with Crippen molar-refractivity contribution in [2.75, 3.05) is 13.6 Å². The van der Waals surface area contributed by atoms with E-state index in [4.69, 9.17) is 5.73 Å². The molecule has 6 amide bonds. The van der Waals surface area contributed by atoms with Crippen LogP contribution in [0.25, 0.3) is 21.8 Å². The van der Waals surface area contributed by atoms with E-state index in [1.54, 1.807) is 6.20 Å². The number of para-hydroxylation sites is 2. The van der Waals surface area contributed by atoms with Crippen molar-refractivity contribution < 1.29 is 28.8 Å². The van der Waals surface area contributed by atoms with Gasteiger partial charge in [0.15, 0.2) is 0 Å². The number of nitrogens with two attached hydrogens (primary N) is 1. The van der Waals surface area contributed by atoms with Crippen molar-refractivity contribution in [1.82, 2.24) is 41.5 Å². The molecule has 0 spiro atoms. The van der Waals surface area contributed by atoms with Gasteiger partial charge >= 0.3 is 0 Å². The van der Waals surface area contributed by atoms with Gasteiger partial charge in [0.25, 0.3) is 0 Å². The van der Waals surface area contributed by atoms with Gasteiger partial charge in [-0.05, 0) is 67.0 Å². The van der Waals surface area contributed by atoms with Crippen molar-refractivity contribution in [2.24, 2.45) is 11.7 Å². The van der Waals surface area contributed by atoms with E-state index >= 15 is 0 Å². The Kier molecular flexibility index (Phi) is 16.9. The second-order valence-corrected chi connectivity index (χ2v) is 17.7. The first-order valence-electron chi connectivity index (χ1n) is 23.0. The van der Waals surface area contributed by atoms with E-state index in [0.717, 1.165) is 57.8 Å². The summed E-state index contributed by atoms with van der Waals surface area (Å²) in [7, 11) is 1.52. The molecule has 1 fully saturated rings. The van der Waals surface area contributed by atoms with E-state index in [1.165, 1.54) is 11.9 Å². The number of primary amides is 1. The Balaban J connectivity index is 1.30. The van der Waals surface area contributed by atoms with Gasteiger partial charge in [0, 0.05) is 60.5 Å². The van der Waals surface area contributed by atoms with E-state index in [2.05, 4.69) is 36.6 Å². The van der Waals surface area contributed by atoms with E-state index in [1.807, 2.05) is 106 Å². The monoisotopic (exact) mass is 888 g/mol. The summed E-state index contributed by atoms with van der Waals surface area (Å²) in [6.45, 7) is 6.53. The molecule has 1 aliphatic rings. The Morgan fingerprint density at radius 3 is 1.74 bits per heavy atom. The quantitative estimate of drug-likeness (QED) is 0.0503. The second kappa shape index (κ2) is 22.9. The number of unbranched alkanes of at least 4 members (excludes halogenated alkanes) is 1. The molecule has 15 nitrogen and oxygen atoms in total. The maximum absolute atomic E-state index is 14.8. The number of hydrogen-bond donors (Lipinski definition) is 8.